The molecule has 0 aliphatic carbocycles. The number of amides is 2. The predicted octanol–water partition coefficient (Wildman–Crippen LogP) is 1.00. The van der Waals surface area contributed by atoms with Crippen molar-refractivity contribution in [1.82, 2.24) is 10.2 Å². The van der Waals surface area contributed by atoms with Crippen molar-refractivity contribution < 1.29 is 19.5 Å². The van der Waals surface area contributed by atoms with Crippen LogP contribution in [0, 0.1) is 5.92 Å². The molecule has 0 saturated carbocycles. The van der Waals surface area contributed by atoms with Gasteiger partial charge in [-0.3, -0.25) is 9.59 Å². The largest absolute Gasteiger partial charge is 0.480 e. The molecule has 0 aromatic heterocycles. The first kappa shape index (κ1) is 16.5. The number of hydrogen-bond acceptors (Lipinski definition) is 3. The van der Waals surface area contributed by atoms with Crippen molar-refractivity contribution in [3.05, 3.63) is 0 Å². The number of carboxylic acids is 1. The Kier molecular flexibility index (Phi) is 6.48. The van der Waals surface area contributed by atoms with Gasteiger partial charge >= 0.3 is 5.97 Å². The lowest BCUT2D eigenvalue weighted by Crippen LogP contribution is -2.51. The molecule has 1 aliphatic heterocycles. The Morgan fingerprint density at radius 3 is 2.60 bits per heavy atom. The summed E-state index contributed by atoms with van der Waals surface area (Å²) in [6.45, 7) is 4.41. The number of piperidine rings is 1. The Bertz CT molecular complexity index is 368. The molecule has 1 heterocycles. The Morgan fingerprint density at radius 1 is 1.30 bits per heavy atom. The van der Waals surface area contributed by atoms with Crippen LogP contribution >= 0.6 is 0 Å². The normalized spacial score (nSPS) is 18.9. The van der Waals surface area contributed by atoms with Gasteiger partial charge in [-0.1, -0.05) is 13.8 Å². The molecule has 20 heavy (non-hydrogen) atoms. The van der Waals surface area contributed by atoms with Crippen molar-refractivity contribution in [2.24, 2.45) is 5.92 Å². The molecular weight excluding hydrogens is 260 g/mol. The lowest BCUT2D eigenvalue weighted by atomic mass is 10.0. The first-order valence-electron chi connectivity index (χ1n) is 7.20. The van der Waals surface area contributed by atoms with Gasteiger partial charge in [-0.2, -0.15) is 0 Å². The highest BCUT2D eigenvalue weighted by molar-refractivity contribution is 5.88. The maximum absolute atomic E-state index is 12.0. The molecule has 2 amide bonds. The van der Waals surface area contributed by atoms with Gasteiger partial charge < -0.3 is 15.3 Å². The number of aliphatic carboxylic acids is 1. The summed E-state index contributed by atoms with van der Waals surface area (Å²) < 4.78 is 0. The zero-order chi connectivity index (χ0) is 15.1. The van der Waals surface area contributed by atoms with Gasteiger partial charge in [0.05, 0.1) is 6.54 Å². The van der Waals surface area contributed by atoms with E-state index in [1.807, 2.05) is 13.8 Å². The van der Waals surface area contributed by atoms with E-state index in [4.69, 9.17) is 5.11 Å². The molecule has 6 nitrogen and oxygen atoms in total. The standard InChI is InChI=1S/C14H24N2O4/c1-10(2)6-7-12(17)15-9-13(18)16-8-4-3-5-11(16)14(19)20/h10-11H,3-9H2,1-2H3,(H,15,17)(H,19,20). The molecule has 6 heteroatoms. The van der Waals surface area contributed by atoms with Crippen molar-refractivity contribution in [2.75, 3.05) is 13.1 Å². The van der Waals surface area contributed by atoms with Gasteiger partial charge in [0.1, 0.15) is 6.04 Å². The third-order valence-corrected chi connectivity index (χ3v) is 3.49. The molecule has 1 aliphatic rings. The summed E-state index contributed by atoms with van der Waals surface area (Å²) in [6, 6.07) is -0.746. The minimum absolute atomic E-state index is 0.110. The molecule has 1 fully saturated rings. The van der Waals surface area contributed by atoms with Crippen molar-refractivity contribution in [3.63, 3.8) is 0 Å². The van der Waals surface area contributed by atoms with Gasteiger partial charge in [0.2, 0.25) is 11.8 Å². The van der Waals surface area contributed by atoms with Crippen LogP contribution in [-0.4, -0.2) is 46.9 Å². The van der Waals surface area contributed by atoms with Gasteiger partial charge in [-0.25, -0.2) is 4.79 Å². The molecule has 1 unspecified atom stereocenters. The van der Waals surface area contributed by atoms with Gasteiger partial charge in [0.25, 0.3) is 0 Å². The number of carbonyl (C=O) groups excluding carboxylic acids is 2. The number of nitrogens with one attached hydrogen (secondary N) is 1. The van der Waals surface area contributed by atoms with Crippen LogP contribution in [0.3, 0.4) is 0 Å². The Labute approximate surface area is 119 Å². The Hall–Kier alpha value is -1.59. The molecule has 1 rings (SSSR count). The topological polar surface area (TPSA) is 86.7 Å². The van der Waals surface area contributed by atoms with Crippen molar-refractivity contribution in [3.8, 4) is 0 Å². The zero-order valence-corrected chi connectivity index (χ0v) is 12.2. The number of hydrogen-bond donors (Lipinski definition) is 2. The fourth-order valence-corrected chi connectivity index (χ4v) is 2.27. The van der Waals surface area contributed by atoms with Gasteiger partial charge in [0.15, 0.2) is 0 Å². The lowest BCUT2D eigenvalue weighted by molar-refractivity contribution is -0.151. The summed E-state index contributed by atoms with van der Waals surface area (Å²) in [7, 11) is 0. The number of carbonyl (C=O) groups is 3. The van der Waals surface area contributed by atoms with Crippen LogP contribution < -0.4 is 5.32 Å². The summed E-state index contributed by atoms with van der Waals surface area (Å²) in [5.74, 6) is -0.995. The summed E-state index contributed by atoms with van der Waals surface area (Å²) in [5.41, 5.74) is 0. The van der Waals surface area contributed by atoms with Crippen LogP contribution in [-0.2, 0) is 14.4 Å². The van der Waals surface area contributed by atoms with Gasteiger partial charge in [-0.05, 0) is 31.6 Å². The van der Waals surface area contributed by atoms with Crippen LogP contribution in [0.25, 0.3) is 0 Å². The number of nitrogens with zero attached hydrogens (tertiary/aromatic N) is 1. The molecule has 0 aromatic rings. The molecule has 114 valence electrons. The molecular formula is C14H24N2O4. The van der Waals surface area contributed by atoms with Crippen LogP contribution in [0.4, 0.5) is 0 Å². The van der Waals surface area contributed by atoms with Crippen molar-refractivity contribution in [2.45, 2.75) is 52.0 Å². The third kappa shape index (κ3) is 5.19. The lowest BCUT2D eigenvalue weighted by Gasteiger charge is -2.33. The number of likely N-dealkylation sites (tertiary alicyclic amines) is 1. The van der Waals surface area contributed by atoms with E-state index in [-0.39, 0.29) is 18.4 Å². The highest BCUT2D eigenvalue weighted by Crippen LogP contribution is 2.17. The van der Waals surface area contributed by atoms with Crippen LogP contribution in [0.15, 0.2) is 0 Å². The minimum atomic E-state index is -0.968. The number of rotatable bonds is 6. The maximum atomic E-state index is 12.0. The summed E-state index contributed by atoms with van der Waals surface area (Å²) in [6.07, 6.45) is 3.30. The third-order valence-electron chi connectivity index (χ3n) is 3.49. The highest BCUT2D eigenvalue weighted by Gasteiger charge is 2.31. The Balaban J connectivity index is 2.40. The quantitative estimate of drug-likeness (QED) is 0.762. The second-order valence-corrected chi connectivity index (χ2v) is 5.65. The molecule has 1 saturated heterocycles. The maximum Gasteiger partial charge on any atom is 0.326 e. The van der Waals surface area contributed by atoms with Crippen LogP contribution in [0.5, 0.6) is 0 Å². The molecule has 0 radical (unpaired) electrons. The molecule has 1 atom stereocenters. The molecule has 0 aromatic carbocycles. The van der Waals surface area contributed by atoms with E-state index < -0.39 is 12.0 Å². The first-order valence-corrected chi connectivity index (χ1v) is 7.20. The Morgan fingerprint density at radius 2 is 2.00 bits per heavy atom. The van der Waals surface area contributed by atoms with E-state index in [1.54, 1.807) is 0 Å². The predicted molar refractivity (Wildman–Crippen MR) is 74.1 cm³/mol. The van der Waals surface area contributed by atoms with Crippen LogP contribution in [0.1, 0.15) is 46.0 Å². The smallest absolute Gasteiger partial charge is 0.326 e. The van der Waals surface area contributed by atoms with E-state index in [2.05, 4.69) is 5.32 Å². The second-order valence-electron chi connectivity index (χ2n) is 5.65. The van der Waals surface area contributed by atoms with E-state index in [0.717, 1.165) is 19.3 Å². The fourth-order valence-electron chi connectivity index (χ4n) is 2.27. The van der Waals surface area contributed by atoms with Crippen LogP contribution in [0.2, 0.25) is 0 Å². The van der Waals surface area contributed by atoms with Crippen molar-refractivity contribution >= 4 is 17.8 Å². The highest BCUT2D eigenvalue weighted by atomic mass is 16.4. The summed E-state index contributed by atoms with van der Waals surface area (Å²) in [5, 5.41) is 11.7. The van der Waals surface area contributed by atoms with Crippen molar-refractivity contribution in [1.29, 1.82) is 0 Å². The average molecular weight is 284 g/mol. The van der Waals surface area contributed by atoms with E-state index in [1.165, 1.54) is 4.90 Å². The summed E-state index contributed by atoms with van der Waals surface area (Å²) >= 11 is 0. The fraction of sp³-hybridized carbons (Fsp3) is 0.786. The average Bonchev–Trinajstić information content (AvgIpc) is 2.42. The molecule has 0 bridgehead atoms. The van der Waals surface area contributed by atoms with Gasteiger partial charge in [-0.15, -0.1) is 0 Å². The summed E-state index contributed by atoms with van der Waals surface area (Å²) in [4.78, 5) is 36.0. The first-order chi connectivity index (χ1) is 9.41. The van der Waals surface area contributed by atoms with E-state index in [0.29, 0.717) is 25.3 Å². The molecule has 2 N–H and O–H groups in total. The minimum Gasteiger partial charge on any atom is -0.480 e. The second kappa shape index (κ2) is 7.87. The molecule has 0 spiro atoms. The SMILES string of the molecule is CC(C)CCC(=O)NCC(=O)N1CCCCC1C(=O)O. The number of carboxylic acid groups (broad SMARTS) is 1. The van der Waals surface area contributed by atoms with E-state index in [9.17, 15) is 14.4 Å². The van der Waals surface area contributed by atoms with E-state index >= 15 is 0 Å². The monoisotopic (exact) mass is 284 g/mol. The van der Waals surface area contributed by atoms with Gasteiger partial charge in [0, 0.05) is 13.0 Å². The zero-order valence-electron chi connectivity index (χ0n) is 12.2.